The number of halogens is 1. The molecule has 0 unspecified atom stereocenters. The smallest absolute Gasteiger partial charge is 0.231 e. The number of aliphatic imine (C=N–C) groups is 1. The van der Waals surface area contributed by atoms with Crippen LogP contribution in [0.5, 0.6) is 11.5 Å². The molecule has 0 aliphatic carbocycles. The van der Waals surface area contributed by atoms with E-state index in [0.717, 1.165) is 61.7 Å². The van der Waals surface area contributed by atoms with Gasteiger partial charge in [-0.25, -0.2) is 4.98 Å². The summed E-state index contributed by atoms with van der Waals surface area (Å²) in [4.78, 5) is 14.3. The number of benzene rings is 1. The van der Waals surface area contributed by atoms with Crippen LogP contribution < -0.4 is 14.8 Å². The van der Waals surface area contributed by atoms with Gasteiger partial charge >= 0.3 is 0 Å². The lowest BCUT2D eigenvalue weighted by Crippen LogP contribution is -2.39. The Labute approximate surface area is 212 Å². The molecule has 0 spiro atoms. The zero-order chi connectivity index (χ0) is 21.6. The van der Waals surface area contributed by atoms with E-state index in [4.69, 9.17) is 14.5 Å². The van der Waals surface area contributed by atoms with Crippen LogP contribution in [0.4, 0.5) is 0 Å². The van der Waals surface area contributed by atoms with Gasteiger partial charge in [0.1, 0.15) is 0 Å². The maximum Gasteiger partial charge on any atom is 0.231 e. The van der Waals surface area contributed by atoms with Gasteiger partial charge in [-0.05, 0) is 63.4 Å². The monoisotopic (exact) mass is 571 g/mol. The van der Waals surface area contributed by atoms with Gasteiger partial charge in [0, 0.05) is 38.6 Å². The number of rotatable bonds is 7. The highest BCUT2D eigenvalue weighted by Crippen LogP contribution is 2.32. The Hall–Kier alpha value is -1.59. The first-order valence-electron chi connectivity index (χ1n) is 11.1. The number of likely N-dealkylation sites (tertiary alicyclic amines) is 1. The first-order chi connectivity index (χ1) is 15.1. The molecule has 1 N–H and O–H groups in total. The lowest BCUT2D eigenvalue weighted by Gasteiger charge is -2.31. The number of nitrogens with one attached hydrogen (secondary N) is 1. The van der Waals surface area contributed by atoms with Crippen molar-refractivity contribution >= 4 is 41.3 Å². The van der Waals surface area contributed by atoms with Crippen LogP contribution >= 0.6 is 35.3 Å². The SMILES string of the molecule is CCNC(=NCC1CCN(Cc2csc(C)n2)CC1)N(C)Cc1ccc2c(c1)OCO2.I. The molecule has 7 nitrogen and oxygen atoms in total. The van der Waals surface area contributed by atoms with E-state index in [1.807, 2.05) is 6.07 Å². The average molecular weight is 572 g/mol. The van der Waals surface area contributed by atoms with Gasteiger partial charge in [0.2, 0.25) is 6.79 Å². The molecule has 0 saturated carbocycles. The van der Waals surface area contributed by atoms with Gasteiger partial charge in [-0.3, -0.25) is 9.89 Å². The van der Waals surface area contributed by atoms with Crippen molar-refractivity contribution in [3.63, 3.8) is 0 Å². The van der Waals surface area contributed by atoms with E-state index in [2.05, 4.69) is 58.5 Å². The van der Waals surface area contributed by atoms with Gasteiger partial charge in [0.15, 0.2) is 17.5 Å². The fraction of sp³-hybridized carbons (Fsp3) is 0.565. The molecule has 1 saturated heterocycles. The van der Waals surface area contributed by atoms with Crippen LogP contribution in [0.25, 0.3) is 0 Å². The van der Waals surface area contributed by atoms with Gasteiger partial charge in [-0.15, -0.1) is 35.3 Å². The first kappa shape index (κ1) is 25.0. The molecule has 1 fully saturated rings. The van der Waals surface area contributed by atoms with Crippen LogP contribution in [-0.2, 0) is 13.1 Å². The zero-order valence-electron chi connectivity index (χ0n) is 19.2. The fourth-order valence-corrected chi connectivity index (χ4v) is 4.71. The molecular formula is C23H34IN5O2S. The number of aromatic nitrogens is 1. The Morgan fingerprint density at radius 3 is 2.78 bits per heavy atom. The molecule has 32 heavy (non-hydrogen) atoms. The molecule has 4 rings (SSSR count). The number of fused-ring (bicyclic) bond motifs is 1. The van der Waals surface area contributed by atoms with Gasteiger partial charge in [-0.2, -0.15) is 0 Å². The number of aryl methyl sites for hydroxylation is 1. The number of nitrogens with zero attached hydrogens (tertiary/aromatic N) is 4. The van der Waals surface area contributed by atoms with Crippen molar-refractivity contribution in [2.45, 2.75) is 39.8 Å². The van der Waals surface area contributed by atoms with E-state index in [-0.39, 0.29) is 24.0 Å². The van der Waals surface area contributed by atoms with Crippen LogP contribution in [0.2, 0.25) is 0 Å². The van der Waals surface area contributed by atoms with Crippen molar-refractivity contribution in [2.75, 3.05) is 40.0 Å². The average Bonchev–Trinajstić information content (AvgIpc) is 3.40. The second-order valence-corrected chi connectivity index (χ2v) is 9.38. The molecular weight excluding hydrogens is 537 g/mol. The van der Waals surface area contributed by atoms with Crippen LogP contribution in [-0.4, -0.2) is 60.8 Å². The third-order valence-electron chi connectivity index (χ3n) is 5.81. The van der Waals surface area contributed by atoms with E-state index >= 15 is 0 Å². The Balaban J connectivity index is 0.00000289. The second-order valence-electron chi connectivity index (χ2n) is 8.32. The zero-order valence-corrected chi connectivity index (χ0v) is 22.3. The molecule has 9 heteroatoms. The first-order valence-corrected chi connectivity index (χ1v) is 12.0. The van der Waals surface area contributed by atoms with Gasteiger partial charge < -0.3 is 19.7 Å². The summed E-state index contributed by atoms with van der Waals surface area (Å²) in [6.45, 7) is 10.2. The van der Waals surface area contributed by atoms with Gasteiger partial charge in [0.05, 0.1) is 10.7 Å². The van der Waals surface area contributed by atoms with Crippen molar-refractivity contribution in [3.05, 3.63) is 39.8 Å². The third kappa shape index (κ3) is 6.71. The lowest BCUT2D eigenvalue weighted by molar-refractivity contribution is 0.174. The number of thiazole rings is 1. The minimum atomic E-state index is 0. The Morgan fingerprint density at radius 2 is 2.06 bits per heavy atom. The molecule has 0 amide bonds. The molecule has 0 atom stereocenters. The largest absolute Gasteiger partial charge is 0.454 e. The van der Waals surface area contributed by atoms with Crippen molar-refractivity contribution in [1.29, 1.82) is 0 Å². The molecule has 1 aromatic carbocycles. The fourth-order valence-electron chi connectivity index (χ4n) is 4.11. The number of guanidine groups is 1. The minimum Gasteiger partial charge on any atom is -0.454 e. The highest BCUT2D eigenvalue weighted by atomic mass is 127. The molecule has 2 aliphatic rings. The number of hydrogen-bond donors (Lipinski definition) is 1. The van der Waals surface area contributed by atoms with E-state index < -0.39 is 0 Å². The lowest BCUT2D eigenvalue weighted by atomic mass is 9.97. The quantitative estimate of drug-likeness (QED) is 0.307. The van der Waals surface area contributed by atoms with E-state index in [1.54, 1.807) is 11.3 Å². The maximum absolute atomic E-state index is 5.51. The van der Waals surface area contributed by atoms with Crippen molar-refractivity contribution < 1.29 is 9.47 Å². The Kier molecular flexibility index (Phi) is 9.42. The predicted octanol–water partition coefficient (Wildman–Crippen LogP) is 4.11. The molecule has 0 bridgehead atoms. The van der Waals surface area contributed by atoms with Crippen LogP contribution in [0.1, 0.15) is 36.0 Å². The maximum atomic E-state index is 5.51. The molecule has 176 valence electrons. The Morgan fingerprint density at radius 1 is 1.28 bits per heavy atom. The summed E-state index contributed by atoms with van der Waals surface area (Å²) >= 11 is 1.74. The predicted molar refractivity (Wildman–Crippen MR) is 140 cm³/mol. The third-order valence-corrected chi connectivity index (χ3v) is 6.63. The summed E-state index contributed by atoms with van der Waals surface area (Å²) in [7, 11) is 2.09. The summed E-state index contributed by atoms with van der Waals surface area (Å²) in [5.41, 5.74) is 2.39. The highest BCUT2D eigenvalue weighted by molar-refractivity contribution is 14.0. The molecule has 2 aliphatic heterocycles. The summed E-state index contributed by atoms with van der Waals surface area (Å²) in [6.07, 6.45) is 2.38. The summed E-state index contributed by atoms with van der Waals surface area (Å²) < 4.78 is 10.9. The second kappa shape index (κ2) is 12.0. The van der Waals surface area contributed by atoms with Gasteiger partial charge in [-0.1, -0.05) is 6.07 Å². The highest BCUT2D eigenvalue weighted by Gasteiger charge is 2.20. The molecule has 0 radical (unpaired) electrons. The van der Waals surface area contributed by atoms with E-state index in [0.29, 0.717) is 12.7 Å². The van der Waals surface area contributed by atoms with Crippen LogP contribution in [0, 0.1) is 12.8 Å². The molecule has 1 aromatic heterocycles. The minimum absolute atomic E-state index is 0. The molecule has 2 aromatic rings. The standard InChI is InChI=1S/C23H33N5O2S.HI/c1-4-24-23(27(3)13-19-5-6-21-22(11-19)30-16-29-21)25-12-18-7-9-28(10-8-18)14-20-15-31-17(2)26-20;/h5-6,11,15,18H,4,7-10,12-14,16H2,1-3H3,(H,24,25);1H. The number of hydrogen-bond acceptors (Lipinski definition) is 6. The summed E-state index contributed by atoms with van der Waals surface area (Å²) in [5, 5.41) is 6.78. The summed E-state index contributed by atoms with van der Waals surface area (Å²) in [5.74, 6) is 3.25. The number of piperidine rings is 1. The van der Waals surface area contributed by atoms with Crippen molar-refractivity contribution in [1.82, 2.24) is 20.1 Å². The van der Waals surface area contributed by atoms with Crippen LogP contribution in [0.3, 0.4) is 0 Å². The van der Waals surface area contributed by atoms with Crippen LogP contribution in [0.15, 0.2) is 28.6 Å². The number of ether oxygens (including phenoxy) is 2. The van der Waals surface area contributed by atoms with Crippen molar-refractivity contribution in [3.8, 4) is 11.5 Å². The summed E-state index contributed by atoms with van der Waals surface area (Å²) in [6, 6.07) is 6.13. The van der Waals surface area contributed by atoms with Gasteiger partial charge in [0.25, 0.3) is 0 Å². The molecule has 3 heterocycles. The van der Waals surface area contributed by atoms with E-state index in [9.17, 15) is 0 Å². The normalized spacial score (nSPS) is 16.7. The Bertz CT molecular complexity index is 898. The van der Waals surface area contributed by atoms with Crippen molar-refractivity contribution in [2.24, 2.45) is 10.9 Å². The van der Waals surface area contributed by atoms with E-state index in [1.165, 1.54) is 24.1 Å². The topological polar surface area (TPSA) is 62.2 Å².